The Hall–Kier alpha value is -2.92. The smallest absolute Gasteiger partial charge is 0.252 e. The van der Waals surface area contributed by atoms with Crippen molar-refractivity contribution in [2.24, 2.45) is 0 Å². The van der Waals surface area contributed by atoms with Crippen LogP contribution in [0.2, 0.25) is 5.02 Å². The van der Waals surface area contributed by atoms with E-state index in [1.54, 1.807) is 12.1 Å². The van der Waals surface area contributed by atoms with E-state index < -0.39 is 11.6 Å². The van der Waals surface area contributed by atoms with Crippen LogP contribution in [0.3, 0.4) is 0 Å². The molecule has 3 rings (SSSR count). The molecule has 0 aliphatic rings. The quantitative estimate of drug-likeness (QED) is 0.576. The van der Waals surface area contributed by atoms with E-state index >= 15 is 0 Å². The van der Waals surface area contributed by atoms with E-state index in [2.05, 4.69) is 5.32 Å². The summed E-state index contributed by atoms with van der Waals surface area (Å²) in [5.41, 5.74) is 1.83. The van der Waals surface area contributed by atoms with E-state index in [4.69, 9.17) is 16.3 Å². The lowest BCUT2D eigenvalue weighted by Crippen LogP contribution is -2.27. The zero-order valence-corrected chi connectivity index (χ0v) is 15.8. The van der Waals surface area contributed by atoms with Gasteiger partial charge in [-0.25, -0.2) is 8.78 Å². The first kappa shape index (κ1) is 19.8. The Labute approximate surface area is 166 Å². The summed E-state index contributed by atoms with van der Waals surface area (Å²) in [7, 11) is 0. The Bertz CT molecular complexity index is 980. The zero-order valence-electron chi connectivity index (χ0n) is 15.1. The molecule has 1 amide bonds. The summed E-state index contributed by atoms with van der Waals surface area (Å²) in [5, 5.41) is 3.32. The molecule has 0 saturated carbocycles. The molecule has 0 unspecified atom stereocenters. The van der Waals surface area contributed by atoms with Crippen molar-refractivity contribution >= 4 is 17.5 Å². The number of halogens is 3. The Morgan fingerprint density at radius 3 is 2.54 bits per heavy atom. The predicted molar refractivity (Wildman–Crippen MR) is 104 cm³/mol. The van der Waals surface area contributed by atoms with E-state index in [-0.39, 0.29) is 24.3 Å². The van der Waals surface area contributed by atoms with Crippen LogP contribution in [0.25, 0.3) is 0 Å². The number of hydrogen-bond acceptors (Lipinski definition) is 2. The van der Waals surface area contributed by atoms with E-state index in [1.807, 2.05) is 37.3 Å². The fourth-order valence-corrected chi connectivity index (χ4v) is 2.91. The average molecular weight is 402 g/mol. The number of rotatable bonds is 6. The second-order valence-corrected chi connectivity index (χ2v) is 6.71. The molecule has 0 aliphatic carbocycles. The van der Waals surface area contributed by atoms with Crippen LogP contribution in [0.5, 0.6) is 5.75 Å². The van der Waals surface area contributed by atoms with Crippen molar-refractivity contribution in [2.45, 2.75) is 19.6 Å². The van der Waals surface area contributed by atoms with Crippen molar-refractivity contribution in [3.8, 4) is 5.75 Å². The number of carbonyl (C=O) groups excluding carboxylic acids is 1. The Morgan fingerprint density at radius 1 is 1.07 bits per heavy atom. The molecule has 0 heterocycles. The molecule has 3 nitrogen and oxygen atoms in total. The van der Waals surface area contributed by atoms with E-state index in [0.29, 0.717) is 16.1 Å². The summed E-state index contributed by atoms with van der Waals surface area (Å²) in [4.78, 5) is 12.8. The lowest BCUT2D eigenvalue weighted by atomic mass is 10.1. The third-order valence-corrected chi connectivity index (χ3v) is 4.48. The molecule has 0 fully saturated rings. The third kappa shape index (κ3) is 4.87. The molecule has 0 saturated heterocycles. The molecule has 1 atom stereocenters. The van der Waals surface area contributed by atoms with Crippen molar-refractivity contribution in [1.29, 1.82) is 0 Å². The summed E-state index contributed by atoms with van der Waals surface area (Å²) in [6.45, 7) is 1.81. The standard InChI is InChI=1S/C22H18ClF2NO2/c1-14(15-5-3-2-4-6-15)26-22(27)19-11-17(23)8-7-16(19)13-28-21-10-9-18(24)12-20(21)25/h2-12,14H,13H2,1H3,(H,26,27)/t14-/m0/s1. The molecule has 0 aliphatic heterocycles. The predicted octanol–water partition coefficient (Wildman–Crippen LogP) is 5.69. The second kappa shape index (κ2) is 8.85. The highest BCUT2D eigenvalue weighted by Gasteiger charge is 2.16. The minimum absolute atomic E-state index is 0.0673. The second-order valence-electron chi connectivity index (χ2n) is 6.27. The van der Waals surface area contributed by atoms with Gasteiger partial charge in [0.25, 0.3) is 5.91 Å². The van der Waals surface area contributed by atoms with Crippen molar-refractivity contribution < 1.29 is 18.3 Å². The largest absolute Gasteiger partial charge is 0.486 e. The van der Waals surface area contributed by atoms with Crippen LogP contribution in [-0.4, -0.2) is 5.91 Å². The molecular formula is C22H18ClF2NO2. The summed E-state index contributed by atoms with van der Waals surface area (Å²) >= 11 is 6.05. The minimum atomic E-state index is -0.808. The topological polar surface area (TPSA) is 38.3 Å². The van der Waals surface area contributed by atoms with Gasteiger partial charge < -0.3 is 10.1 Å². The van der Waals surface area contributed by atoms with Gasteiger partial charge in [0.1, 0.15) is 12.4 Å². The van der Waals surface area contributed by atoms with Crippen LogP contribution >= 0.6 is 11.6 Å². The lowest BCUT2D eigenvalue weighted by Gasteiger charge is -2.17. The first-order chi connectivity index (χ1) is 13.4. The molecule has 0 spiro atoms. The minimum Gasteiger partial charge on any atom is -0.486 e. The zero-order chi connectivity index (χ0) is 20.1. The molecule has 1 N–H and O–H groups in total. The van der Waals surface area contributed by atoms with Crippen molar-refractivity contribution in [3.63, 3.8) is 0 Å². The van der Waals surface area contributed by atoms with Crippen LogP contribution in [-0.2, 0) is 6.61 Å². The van der Waals surface area contributed by atoms with Crippen LogP contribution in [0, 0.1) is 11.6 Å². The average Bonchev–Trinajstić information content (AvgIpc) is 2.68. The van der Waals surface area contributed by atoms with Crippen molar-refractivity contribution in [3.05, 3.63) is 100 Å². The lowest BCUT2D eigenvalue weighted by molar-refractivity contribution is 0.0937. The maximum absolute atomic E-state index is 13.8. The van der Waals surface area contributed by atoms with Gasteiger partial charge in [-0.3, -0.25) is 4.79 Å². The van der Waals surface area contributed by atoms with Gasteiger partial charge in [-0.1, -0.05) is 48.0 Å². The Morgan fingerprint density at radius 2 is 1.82 bits per heavy atom. The van der Waals surface area contributed by atoms with Gasteiger partial charge in [0.15, 0.2) is 11.6 Å². The number of ether oxygens (including phenoxy) is 1. The SMILES string of the molecule is C[C@H](NC(=O)c1cc(Cl)ccc1COc1ccc(F)cc1F)c1ccccc1. The molecular weight excluding hydrogens is 384 g/mol. The molecule has 28 heavy (non-hydrogen) atoms. The highest BCUT2D eigenvalue weighted by Crippen LogP contribution is 2.22. The molecule has 0 bridgehead atoms. The summed E-state index contributed by atoms with van der Waals surface area (Å²) in [6, 6.07) is 17.2. The maximum Gasteiger partial charge on any atom is 0.252 e. The van der Waals surface area contributed by atoms with Gasteiger partial charge in [-0.05, 0) is 36.8 Å². The maximum atomic E-state index is 13.8. The summed E-state index contributed by atoms with van der Waals surface area (Å²) in [5.74, 6) is -1.92. The number of amides is 1. The fraction of sp³-hybridized carbons (Fsp3) is 0.136. The summed E-state index contributed by atoms with van der Waals surface area (Å²) in [6.07, 6.45) is 0. The Kier molecular flexibility index (Phi) is 6.26. The van der Waals surface area contributed by atoms with Gasteiger partial charge >= 0.3 is 0 Å². The first-order valence-corrected chi connectivity index (χ1v) is 9.04. The van der Waals surface area contributed by atoms with Crippen LogP contribution in [0.1, 0.15) is 34.5 Å². The van der Waals surface area contributed by atoms with E-state index in [9.17, 15) is 13.6 Å². The Balaban J connectivity index is 1.77. The fourth-order valence-electron chi connectivity index (χ4n) is 2.73. The molecule has 0 aromatic heterocycles. The molecule has 0 radical (unpaired) electrons. The van der Waals surface area contributed by atoms with Crippen LogP contribution < -0.4 is 10.1 Å². The van der Waals surface area contributed by atoms with Gasteiger partial charge in [0.05, 0.1) is 6.04 Å². The van der Waals surface area contributed by atoms with E-state index in [0.717, 1.165) is 17.7 Å². The molecule has 144 valence electrons. The third-order valence-electron chi connectivity index (χ3n) is 4.24. The van der Waals surface area contributed by atoms with Gasteiger partial charge in [-0.2, -0.15) is 0 Å². The molecule has 3 aromatic carbocycles. The van der Waals surface area contributed by atoms with Crippen LogP contribution in [0.4, 0.5) is 8.78 Å². The number of hydrogen-bond donors (Lipinski definition) is 1. The highest BCUT2D eigenvalue weighted by atomic mass is 35.5. The number of carbonyl (C=O) groups is 1. The van der Waals surface area contributed by atoms with Crippen molar-refractivity contribution in [2.75, 3.05) is 0 Å². The molecule has 6 heteroatoms. The number of nitrogens with one attached hydrogen (secondary N) is 1. The van der Waals surface area contributed by atoms with Gasteiger partial charge in [0, 0.05) is 22.2 Å². The number of benzene rings is 3. The summed E-state index contributed by atoms with van der Waals surface area (Å²) < 4.78 is 32.2. The van der Waals surface area contributed by atoms with Gasteiger partial charge in [-0.15, -0.1) is 0 Å². The van der Waals surface area contributed by atoms with Crippen molar-refractivity contribution in [1.82, 2.24) is 5.32 Å². The normalized spacial score (nSPS) is 11.7. The first-order valence-electron chi connectivity index (χ1n) is 8.66. The van der Waals surface area contributed by atoms with E-state index in [1.165, 1.54) is 12.1 Å². The highest BCUT2D eigenvalue weighted by molar-refractivity contribution is 6.31. The monoisotopic (exact) mass is 401 g/mol. The molecule has 3 aromatic rings. The van der Waals surface area contributed by atoms with Crippen LogP contribution in [0.15, 0.2) is 66.7 Å². The van der Waals surface area contributed by atoms with Gasteiger partial charge in [0.2, 0.25) is 0 Å².